The molecule has 4 rings (SSSR count). The third-order valence-corrected chi connectivity index (χ3v) is 5.38. The Morgan fingerprint density at radius 1 is 1.12 bits per heavy atom. The van der Waals surface area contributed by atoms with Crippen LogP contribution in [0.5, 0.6) is 5.75 Å². The summed E-state index contributed by atoms with van der Waals surface area (Å²) in [5, 5.41) is 3.33. The molecule has 3 aromatic carbocycles. The predicted octanol–water partition coefficient (Wildman–Crippen LogP) is 3.50. The number of benzene rings is 3. The molecule has 3 aromatic rings. The van der Waals surface area contributed by atoms with E-state index in [1.165, 1.54) is 24.3 Å². The van der Waals surface area contributed by atoms with Crippen LogP contribution in [0.4, 0.5) is 4.39 Å². The number of hydrogen-bond acceptors (Lipinski definition) is 3. The van der Waals surface area contributed by atoms with Crippen LogP contribution in [0.2, 0.25) is 5.02 Å². The third kappa shape index (κ3) is 4.63. The Bertz CT molecular complexity index is 1180. The second-order valence-corrected chi connectivity index (χ2v) is 7.68. The Balaban J connectivity index is 1.70. The number of rotatable bonds is 5. The fourth-order valence-electron chi connectivity index (χ4n) is 3.55. The number of carbonyl (C=O) groups is 2. The highest BCUT2D eigenvalue weighted by atomic mass is 35.5. The molecule has 1 aliphatic heterocycles. The van der Waals surface area contributed by atoms with E-state index in [0.29, 0.717) is 10.8 Å². The lowest BCUT2D eigenvalue weighted by Crippen LogP contribution is -2.42. The van der Waals surface area contributed by atoms with Crippen molar-refractivity contribution < 1.29 is 23.4 Å². The number of hydrazone groups is 1. The van der Waals surface area contributed by atoms with Gasteiger partial charge in [0.2, 0.25) is 12.3 Å². The number of methoxy groups -OCH3 is 1. The molecule has 8 heteroatoms. The lowest BCUT2D eigenvalue weighted by Gasteiger charge is -2.15. The molecule has 0 spiro atoms. The number of hydrogen-bond donors (Lipinski definition) is 2. The molecule has 0 aliphatic carbocycles. The van der Waals surface area contributed by atoms with E-state index < -0.39 is 23.8 Å². The average molecular weight is 453 g/mol. The first kappa shape index (κ1) is 21.5. The van der Waals surface area contributed by atoms with Gasteiger partial charge in [0, 0.05) is 21.7 Å². The van der Waals surface area contributed by atoms with Crippen LogP contribution in [0.15, 0.2) is 72.8 Å². The monoisotopic (exact) mass is 452 g/mol. The first-order chi connectivity index (χ1) is 15.4. The Labute approximate surface area is 189 Å². The normalized spacial score (nSPS) is 19.0. The number of nitrogens with one attached hydrogen (secondary N) is 2. The highest BCUT2D eigenvalue weighted by molar-refractivity contribution is 6.30. The molecular formula is C24H20ClFN3O3+. The molecule has 32 heavy (non-hydrogen) atoms. The van der Waals surface area contributed by atoms with Gasteiger partial charge in [0.1, 0.15) is 11.6 Å². The standard InChI is InChI=1S/C24H19ClFN3O3/c1-32-20-4-2-3-15(13-20)14-29-22(16-5-9-18(25)10-6-16)21(24(31)28-29)27-23(30)17-7-11-19(26)12-8-17/h2-14,21-22H,1H3,(H-,27,28,30,31)/p+1/b29-14-/t21-,22-/m1/s1. The molecule has 0 bridgehead atoms. The third-order valence-electron chi connectivity index (χ3n) is 5.12. The minimum absolute atomic E-state index is 0.254. The van der Waals surface area contributed by atoms with Gasteiger partial charge in [-0.25, -0.2) is 4.39 Å². The number of halogens is 2. The Morgan fingerprint density at radius 2 is 1.84 bits per heavy atom. The summed E-state index contributed by atoms with van der Waals surface area (Å²) in [6.07, 6.45) is 1.77. The van der Waals surface area contributed by atoms with Crippen molar-refractivity contribution in [3.8, 4) is 5.75 Å². The van der Waals surface area contributed by atoms with E-state index in [-0.39, 0.29) is 11.5 Å². The van der Waals surface area contributed by atoms with Gasteiger partial charge in [-0.05, 0) is 54.6 Å². The zero-order chi connectivity index (χ0) is 22.7. The van der Waals surface area contributed by atoms with Gasteiger partial charge < -0.3 is 10.1 Å². The molecule has 0 unspecified atom stereocenters. The van der Waals surface area contributed by atoms with Crippen LogP contribution in [0.3, 0.4) is 0 Å². The fourth-order valence-corrected chi connectivity index (χ4v) is 3.67. The van der Waals surface area contributed by atoms with Gasteiger partial charge in [0.05, 0.1) is 7.11 Å². The van der Waals surface area contributed by atoms with Crippen molar-refractivity contribution in [3.63, 3.8) is 0 Å². The minimum atomic E-state index is -0.893. The van der Waals surface area contributed by atoms with E-state index in [1.54, 1.807) is 42.3 Å². The highest BCUT2D eigenvalue weighted by Crippen LogP contribution is 2.27. The first-order valence-corrected chi connectivity index (χ1v) is 10.2. The largest absolute Gasteiger partial charge is 0.497 e. The van der Waals surface area contributed by atoms with Crippen LogP contribution < -0.4 is 15.5 Å². The zero-order valence-corrected chi connectivity index (χ0v) is 17.8. The molecule has 2 atom stereocenters. The number of amides is 2. The van der Waals surface area contributed by atoms with Crippen molar-refractivity contribution in [2.24, 2.45) is 0 Å². The van der Waals surface area contributed by atoms with Gasteiger partial charge in [0.25, 0.3) is 5.91 Å². The quantitative estimate of drug-likeness (QED) is 0.582. The summed E-state index contributed by atoms with van der Waals surface area (Å²) in [4.78, 5) is 25.6. The molecule has 1 heterocycles. The van der Waals surface area contributed by atoms with Crippen LogP contribution in [-0.2, 0) is 4.79 Å². The number of nitrogens with zero attached hydrogens (tertiary/aromatic N) is 1. The van der Waals surface area contributed by atoms with Crippen LogP contribution >= 0.6 is 11.6 Å². The topological polar surface area (TPSA) is 70.4 Å². The van der Waals surface area contributed by atoms with Crippen LogP contribution in [0.1, 0.15) is 27.5 Å². The maximum Gasteiger partial charge on any atom is 0.304 e. The zero-order valence-electron chi connectivity index (χ0n) is 17.1. The van der Waals surface area contributed by atoms with Gasteiger partial charge in [-0.3, -0.25) is 9.59 Å². The second kappa shape index (κ2) is 9.20. The van der Waals surface area contributed by atoms with E-state index >= 15 is 0 Å². The lowest BCUT2D eigenvalue weighted by atomic mass is 9.99. The average Bonchev–Trinajstić information content (AvgIpc) is 3.09. The molecule has 2 N–H and O–H groups in total. The molecule has 1 fully saturated rings. The lowest BCUT2D eigenvalue weighted by molar-refractivity contribution is -0.596. The molecule has 0 radical (unpaired) electrons. The Hall–Kier alpha value is -3.71. The molecular weight excluding hydrogens is 433 g/mol. The maximum absolute atomic E-state index is 13.2. The van der Waals surface area contributed by atoms with Crippen LogP contribution in [0, 0.1) is 5.82 Å². The number of ether oxygens (including phenoxy) is 1. The highest BCUT2D eigenvalue weighted by Gasteiger charge is 2.47. The van der Waals surface area contributed by atoms with Crippen molar-refractivity contribution in [2.75, 3.05) is 7.11 Å². The molecule has 1 saturated heterocycles. The summed E-state index contributed by atoms with van der Waals surface area (Å²) in [7, 11) is 1.58. The van der Waals surface area contributed by atoms with Gasteiger partial charge >= 0.3 is 5.91 Å². The van der Waals surface area contributed by atoms with E-state index in [1.807, 2.05) is 24.3 Å². The SMILES string of the molecule is COc1cccc(/C=[N+]2\NC(=O)[C@H](NC(=O)c3ccc(F)cc3)[C@H]2c2ccc(Cl)cc2)c1. The van der Waals surface area contributed by atoms with Crippen molar-refractivity contribution in [3.05, 3.63) is 100 Å². The van der Waals surface area contributed by atoms with Crippen molar-refractivity contribution in [2.45, 2.75) is 12.1 Å². The summed E-state index contributed by atoms with van der Waals surface area (Å²) in [5.74, 6) is -0.626. The summed E-state index contributed by atoms with van der Waals surface area (Å²) >= 11 is 6.04. The van der Waals surface area contributed by atoms with Gasteiger partial charge in [-0.15, -0.1) is 10.1 Å². The predicted molar refractivity (Wildman–Crippen MR) is 118 cm³/mol. The summed E-state index contributed by atoms with van der Waals surface area (Å²) in [6.45, 7) is 0. The molecule has 162 valence electrons. The molecule has 0 aromatic heterocycles. The summed E-state index contributed by atoms with van der Waals surface area (Å²) in [5.41, 5.74) is 4.64. The fraction of sp³-hybridized carbons (Fsp3) is 0.125. The van der Waals surface area contributed by atoms with E-state index in [0.717, 1.165) is 11.1 Å². The smallest absolute Gasteiger partial charge is 0.304 e. The van der Waals surface area contributed by atoms with Crippen molar-refractivity contribution in [1.82, 2.24) is 10.7 Å². The second-order valence-electron chi connectivity index (χ2n) is 7.24. The van der Waals surface area contributed by atoms with Crippen LogP contribution in [0.25, 0.3) is 0 Å². The number of carbonyl (C=O) groups excluding carboxylic acids is 2. The van der Waals surface area contributed by atoms with Crippen molar-refractivity contribution in [1.29, 1.82) is 0 Å². The van der Waals surface area contributed by atoms with Gasteiger partial charge in [-0.2, -0.15) is 0 Å². The Kier molecular flexibility index (Phi) is 6.18. The van der Waals surface area contributed by atoms with Crippen LogP contribution in [-0.4, -0.2) is 35.9 Å². The molecule has 6 nitrogen and oxygen atoms in total. The van der Waals surface area contributed by atoms with Crippen molar-refractivity contribution >= 4 is 29.6 Å². The number of hydrazine groups is 1. The first-order valence-electron chi connectivity index (χ1n) is 9.84. The van der Waals surface area contributed by atoms with Gasteiger partial charge in [0.15, 0.2) is 6.04 Å². The summed E-state index contributed by atoms with van der Waals surface area (Å²) in [6, 6.07) is 18.1. The molecule has 2 amide bonds. The summed E-state index contributed by atoms with van der Waals surface area (Å²) < 4.78 is 20.1. The Morgan fingerprint density at radius 3 is 2.53 bits per heavy atom. The van der Waals surface area contributed by atoms with Gasteiger partial charge in [-0.1, -0.05) is 29.8 Å². The van der Waals surface area contributed by atoms with E-state index in [4.69, 9.17) is 16.3 Å². The minimum Gasteiger partial charge on any atom is -0.497 e. The van der Waals surface area contributed by atoms with E-state index in [2.05, 4.69) is 10.7 Å². The molecule has 1 aliphatic rings. The molecule has 0 saturated carbocycles. The maximum atomic E-state index is 13.2. The van der Waals surface area contributed by atoms with E-state index in [9.17, 15) is 14.0 Å².